The maximum absolute atomic E-state index is 11.6. The van der Waals surface area contributed by atoms with Crippen LogP contribution in [-0.2, 0) is 12.8 Å². The van der Waals surface area contributed by atoms with Crippen molar-refractivity contribution in [2.24, 2.45) is 0 Å². The highest BCUT2D eigenvalue weighted by atomic mass is 32.1. The highest BCUT2D eigenvalue weighted by Crippen LogP contribution is 2.10. The monoisotopic (exact) mass is 267 g/mol. The average Bonchev–Trinajstić information content (AvgIpc) is 3.00. The number of amides is 1. The lowest BCUT2D eigenvalue weighted by Gasteiger charge is -2.00. The zero-order valence-electron chi connectivity index (χ0n) is 9.47. The topological polar surface area (TPSA) is 54.9 Å². The van der Waals surface area contributed by atoms with Crippen molar-refractivity contribution in [1.29, 1.82) is 0 Å². The van der Waals surface area contributed by atoms with E-state index < -0.39 is 0 Å². The van der Waals surface area contributed by atoms with E-state index in [-0.39, 0.29) is 5.91 Å². The van der Waals surface area contributed by atoms with E-state index in [0.29, 0.717) is 12.2 Å². The molecule has 2 aromatic heterocycles. The summed E-state index contributed by atoms with van der Waals surface area (Å²) in [5.41, 5.74) is 3.27. The summed E-state index contributed by atoms with van der Waals surface area (Å²) in [5.74, 6) is -0.112. The van der Waals surface area contributed by atoms with Crippen molar-refractivity contribution < 1.29 is 4.79 Å². The molecule has 2 rings (SSSR count). The smallest absolute Gasteiger partial charge is 0.270 e. The van der Waals surface area contributed by atoms with E-state index in [0.717, 1.165) is 23.5 Å². The summed E-state index contributed by atoms with van der Waals surface area (Å²) in [7, 11) is 0. The largest absolute Gasteiger partial charge is 0.350 e. The number of hydrogen-bond acceptors (Lipinski definition) is 5. The second-order valence-electron chi connectivity index (χ2n) is 3.47. The van der Waals surface area contributed by atoms with Gasteiger partial charge in [-0.1, -0.05) is 6.92 Å². The van der Waals surface area contributed by atoms with E-state index in [1.54, 1.807) is 22.2 Å². The molecule has 0 radical (unpaired) electrons. The zero-order chi connectivity index (χ0) is 12.1. The number of nitrogens with one attached hydrogen (secondary N) is 1. The van der Waals surface area contributed by atoms with Gasteiger partial charge in [0.1, 0.15) is 5.69 Å². The quantitative estimate of drug-likeness (QED) is 0.903. The first kappa shape index (κ1) is 12.2. The first-order chi connectivity index (χ1) is 8.29. The summed E-state index contributed by atoms with van der Waals surface area (Å²) in [6.45, 7) is 2.69. The second-order valence-corrected chi connectivity index (χ2v) is 5.13. The fourth-order valence-corrected chi connectivity index (χ4v) is 2.74. The third-order valence-electron chi connectivity index (χ3n) is 2.25. The minimum atomic E-state index is -0.112. The maximum atomic E-state index is 11.6. The third kappa shape index (κ3) is 3.34. The number of thiazole rings is 2. The normalized spacial score (nSPS) is 10.4. The van der Waals surface area contributed by atoms with Gasteiger partial charge in [0.15, 0.2) is 0 Å². The van der Waals surface area contributed by atoms with E-state index in [4.69, 9.17) is 0 Å². The predicted molar refractivity (Wildman–Crippen MR) is 69.6 cm³/mol. The Hall–Kier alpha value is -1.27. The molecule has 0 fully saturated rings. The van der Waals surface area contributed by atoms with Gasteiger partial charge in [0, 0.05) is 23.7 Å². The number of carbonyl (C=O) groups is 1. The van der Waals surface area contributed by atoms with Crippen molar-refractivity contribution in [2.45, 2.75) is 19.8 Å². The molecule has 2 heterocycles. The van der Waals surface area contributed by atoms with Crippen LogP contribution in [0.4, 0.5) is 0 Å². The van der Waals surface area contributed by atoms with Crippen LogP contribution in [-0.4, -0.2) is 22.4 Å². The third-order valence-corrected chi connectivity index (χ3v) is 3.79. The molecular weight excluding hydrogens is 254 g/mol. The van der Waals surface area contributed by atoms with E-state index in [9.17, 15) is 4.79 Å². The van der Waals surface area contributed by atoms with Crippen LogP contribution in [0.5, 0.6) is 0 Å². The molecule has 0 aliphatic rings. The average molecular weight is 267 g/mol. The summed E-state index contributed by atoms with van der Waals surface area (Å²) in [5, 5.41) is 7.71. The number of nitrogens with zero attached hydrogens (tertiary/aromatic N) is 2. The minimum Gasteiger partial charge on any atom is -0.350 e. The molecule has 0 aromatic carbocycles. The van der Waals surface area contributed by atoms with Crippen LogP contribution in [0, 0.1) is 0 Å². The summed E-state index contributed by atoms with van der Waals surface area (Å²) in [6, 6.07) is 0. The molecule has 90 valence electrons. The molecule has 0 saturated carbocycles. The fourth-order valence-electron chi connectivity index (χ4n) is 1.32. The molecule has 4 nitrogen and oxygen atoms in total. The minimum absolute atomic E-state index is 0.112. The molecule has 1 amide bonds. The van der Waals surface area contributed by atoms with Crippen molar-refractivity contribution in [3.05, 3.63) is 32.7 Å². The van der Waals surface area contributed by atoms with Gasteiger partial charge in [0.25, 0.3) is 5.91 Å². The van der Waals surface area contributed by atoms with E-state index in [1.807, 2.05) is 0 Å². The maximum Gasteiger partial charge on any atom is 0.270 e. The van der Waals surface area contributed by atoms with Gasteiger partial charge in [-0.25, -0.2) is 9.97 Å². The molecule has 0 unspecified atom stereocenters. The van der Waals surface area contributed by atoms with Crippen LogP contribution in [0.2, 0.25) is 0 Å². The molecule has 0 atom stereocenters. The first-order valence-corrected chi connectivity index (χ1v) is 7.21. The van der Waals surface area contributed by atoms with Crippen molar-refractivity contribution in [3.8, 4) is 0 Å². The molecule has 6 heteroatoms. The molecule has 2 aromatic rings. The summed E-state index contributed by atoms with van der Waals surface area (Å²) >= 11 is 3.07. The number of rotatable bonds is 5. The van der Waals surface area contributed by atoms with Crippen molar-refractivity contribution in [2.75, 3.05) is 6.54 Å². The zero-order valence-corrected chi connectivity index (χ0v) is 11.1. The van der Waals surface area contributed by atoms with Gasteiger partial charge in [-0.05, 0) is 6.42 Å². The Balaban J connectivity index is 1.78. The van der Waals surface area contributed by atoms with Crippen LogP contribution in [0.3, 0.4) is 0 Å². The van der Waals surface area contributed by atoms with E-state index in [1.165, 1.54) is 11.3 Å². The Labute approximate surface area is 108 Å². The van der Waals surface area contributed by atoms with Gasteiger partial charge in [0.2, 0.25) is 0 Å². The van der Waals surface area contributed by atoms with Crippen LogP contribution in [0.15, 0.2) is 16.3 Å². The predicted octanol–water partition coefficient (Wildman–Crippen LogP) is 2.13. The van der Waals surface area contributed by atoms with E-state index in [2.05, 4.69) is 27.6 Å². The molecule has 0 spiro atoms. The lowest BCUT2D eigenvalue weighted by molar-refractivity contribution is 0.0950. The molecule has 0 aliphatic heterocycles. The van der Waals surface area contributed by atoms with Crippen LogP contribution >= 0.6 is 22.7 Å². The number of carbonyl (C=O) groups excluding carboxylic acids is 1. The van der Waals surface area contributed by atoms with Crippen molar-refractivity contribution in [3.63, 3.8) is 0 Å². The van der Waals surface area contributed by atoms with Crippen LogP contribution in [0.1, 0.15) is 28.1 Å². The Morgan fingerprint density at radius 1 is 1.47 bits per heavy atom. The van der Waals surface area contributed by atoms with Gasteiger partial charge >= 0.3 is 0 Å². The number of aromatic nitrogens is 2. The SMILES string of the molecule is CCc1csc(CCNC(=O)c2cscn2)n1. The Morgan fingerprint density at radius 3 is 3.00 bits per heavy atom. The second kappa shape index (κ2) is 5.88. The lowest BCUT2D eigenvalue weighted by atomic mass is 10.3. The molecular formula is C11H13N3OS2. The van der Waals surface area contributed by atoms with E-state index >= 15 is 0 Å². The molecule has 17 heavy (non-hydrogen) atoms. The lowest BCUT2D eigenvalue weighted by Crippen LogP contribution is -2.25. The first-order valence-electron chi connectivity index (χ1n) is 5.39. The van der Waals surface area contributed by atoms with Gasteiger partial charge in [-0.15, -0.1) is 22.7 Å². The van der Waals surface area contributed by atoms with Crippen molar-refractivity contribution >= 4 is 28.6 Å². The highest BCUT2D eigenvalue weighted by molar-refractivity contribution is 7.09. The Kier molecular flexibility index (Phi) is 4.22. The van der Waals surface area contributed by atoms with Crippen LogP contribution in [0.25, 0.3) is 0 Å². The van der Waals surface area contributed by atoms with Crippen molar-refractivity contribution in [1.82, 2.24) is 15.3 Å². The molecule has 0 aliphatic carbocycles. The van der Waals surface area contributed by atoms with Gasteiger partial charge < -0.3 is 5.32 Å². The molecule has 0 bridgehead atoms. The Bertz CT molecular complexity index is 479. The Morgan fingerprint density at radius 2 is 2.35 bits per heavy atom. The number of hydrogen-bond donors (Lipinski definition) is 1. The fraction of sp³-hybridized carbons (Fsp3) is 0.364. The molecule has 1 N–H and O–H groups in total. The highest BCUT2D eigenvalue weighted by Gasteiger charge is 2.07. The molecule has 0 saturated heterocycles. The summed E-state index contributed by atoms with van der Waals surface area (Å²) in [4.78, 5) is 20.0. The standard InChI is InChI=1S/C11H13N3OS2/c1-2-8-5-17-10(14-8)3-4-12-11(15)9-6-16-7-13-9/h5-7H,2-4H2,1H3,(H,12,15). The van der Waals surface area contributed by atoms with Crippen LogP contribution < -0.4 is 5.32 Å². The van der Waals surface area contributed by atoms with Gasteiger partial charge in [0.05, 0.1) is 16.2 Å². The van der Waals surface area contributed by atoms with Gasteiger partial charge in [-0.2, -0.15) is 0 Å². The summed E-state index contributed by atoms with van der Waals surface area (Å²) < 4.78 is 0. The number of aryl methyl sites for hydroxylation is 1. The van der Waals surface area contributed by atoms with Gasteiger partial charge in [-0.3, -0.25) is 4.79 Å². The summed E-state index contributed by atoms with van der Waals surface area (Å²) in [6.07, 6.45) is 1.74.